The number of aliphatic imine (C=N–C) groups is 1. The lowest BCUT2D eigenvalue weighted by atomic mass is 10.1. The average molecular weight is 322 g/mol. The third-order valence-electron chi connectivity index (χ3n) is 4.00. The molecule has 0 radical (unpaired) electrons. The molecule has 5 nitrogen and oxygen atoms in total. The summed E-state index contributed by atoms with van der Waals surface area (Å²) in [5.74, 6) is 1.01. The fraction of sp³-hybridized carbons (Fsp3) is 0.625. The van der Waals surface area contributed by atoms with Crippen LogP contribution in [0, 0.1) is 0 Å². The SMILES string of the molecule is CCc1ccc(CNC(=NC)NC2CCN(C(C)=O)CC2)s1. The number of hydrogen-bond donors (Lipinski definition) is 2. The minimum atomic E-state index is 0.172. The highest BCUT2D eigenvalue weighted by Gasteiger charge is 2.21. The molecule has 1 aromatic rings. The van der Waals surface area contributed by atoms with Crippen molar-refractivity contribution in [3.63, 3.8) is 0 Å². The van der Waals surface area contributed by atoms with E-state index in [2.05, 4.69) is 34.7 Å². The summed E-state index contributed by atoms with van der Waals surface area (Å²) < 4.78 is 0. The number of nitrogens with one attached hydrogen (secondary N) is 2. The number of likely N-dealkylation sites (tertiary alicyclic amines) is 1. The lowest BCUT2D eigenvalue weighted by Gasteiger charge is -2.32. The highest BCUT2D eigenvalue weighted by Crippen LogP contribution is 2.16. The molecule has 122 valence electrons. The van der Waals surface area contributed by atoms with E-state index in [9.17, 15) is 4.79 Å². The van der Waals surface area contributed by atoms with Gasteiger partial charge in [-0.05, 0) is 31.4 Å². The summed E-state index contributed by atoms with van der Waals surface area (Å²) in [6.07, 6.45) is 3.03. The molecule has 1 amide bonds. The van der Waals surface area contributed by atoms with Crippen molar-refractivity contribution in [3.8, 4) is 0 Å². The number of carbonyl (C=O) groups is 1. The first kappa shape index (κ1) is 16.8. The van der Waals surface area contributed by atoms with Crippen molar-refractivity contribution >= 4 is 23.2 Å². The molecule has 22 heavy (non-hydrogen) atoms. The second-order valence-corrected chi connectivity index (χ2v) is 6.82. The number of amides is 1. The van der Waals surface area contributed by atoms with E-state index in [0.29, 0.717) is 6.04 Å². The molecule has 2 heterocycles. The Kier molecular flexibility index (Phi) is 6.24. The molecule has 1 aromatic heterocycles. The number of hydrogen-bond acceptors (Lipinski definition) is 3. The molecule has 1 saturated heterocycles. The lowest BCUT2D eigenvalue weighted by molar-refractivity contribution is -0.129. The van der Waals surface area contributed by atoms with Crippen LogP contribution in [-0.2, 0) is 17.8 Å². The van der Waals surface area contributed by atoms with Gasteiger partial charge in [-0.25, -0.2) is 0 Å². The highest BCUT2D eigenvalue weighted by molar-refractivity contribution is 7.11. The van der Waals surface area contributed by atoms with Crippen LogP contribution in [0.2, 0.25) is 0 Å². The molecule has 0 aliphatic carbocycles. The minimum absolute atomic E-state index is 0.172. The molecule has 1 aliphatic rings. The van der Waals surface area contributed by atoms with E-state index in [0.717, 1.165) is 44.9 Å². The molecule has 0 saturated carbocycles. The highest BCUT2D eigenvalue weighted by atomic mass is 32.1. The van der Waals surface area contributed by atoms with Crippen LogP contribution in [0.25, 0.3) is 0 Å². The summed E-state index contributed by atoms with van der Waals surface area (Å²) in [5, 5.41) is 6.83. The molecule has 0 unspecified atom stereocenters. The monoisotopic (exact) mass is 322 g/mol. The van der Waals surface area contributed by atoms with Gasteiger partial charge in [-0.1, -0.05) is 6.92 Å². The third-order valence-corrected chi connectivity index (χ3v) is 5.23. The maximum Gasteiger partial charge on any atom is 0.219 e. The Labute approximate surface area is 136 Å². The van der Waals surface area contributed by atoms with Crippen LogP contribution in [0.1, 0.15) is 36.4 Å². The van der Waals surface area contributed by atoms with Crippen molar-refractivity contribution in [2.45, 2.75) is 45.7 Å². The predicted molar refractivity (Wildman–Crippen MR) is 92.3 cm³/mol. The fourth-order valence-electron chi connectivity index (χ4n) is 2.60. The molecular formula is C16H26N4OS. The summed E-state index contributed by atoms with van der Waals surface area (Å²) in [5.41, 5.74) is 0. The summed E-state index contributed by atoms with van der Waals surface area (Å²) in [4.78, 5) is 20.3. The Balaban J connectivity index is 1.77. The van der Waals surface area contributed by atoms with Crippen LogP contribution >= 0.6 is 11.3 Å². The van der Waals surface area contributed by atoms with Gasteiger partial charge in [0.1, 0.15) is 0 Å². The van der Waals surface area contributed by atoms with Crippen molar-refractivity contribution in [2.75, 3.05) is 20.1 Å². The van der Waals surface area contributed by atoms with Gasteiger partial charge in [0.2, 0.25) is 5.91 Å². The molecule has 1 aliphatic heterocycles. The van der Waals surface area contributed by atoms with Crippen molar-refractivity contribution < 1.29 is 4.79 Å². The van der Waals surface area contributed by atoms with E-state index in [1.54, 1.807) is 14.0 Å². The van der Waals surface area contributed by atoms with Crippen LogP contribution < -0.4 is 10.6 Å². The van der Waals surface area contributed by atoms with Gasteiger partial charge >= 0.3 is 0 Å². The number of piperidine rings is 1. The molecule has 2 N–H and O–H groups in total. The second-order valence-electron chi connectivity index (χ2n) is 5.57. The van der Waals surface area contributed by atoms with Gasteiger partial charge in [0.05, 0.1) is 6.54 Å². The van der Waals surface area contributed by atoms with Crippen molar-refractivity contribution in [1.82, 2.24) is 15.5 Å². The topological polar surface area (TPSA) is 56.7 Å². The molecule has 2 rings (SSSR count). The van der Waals surface area contributed by atoms with Crippen molar-refractivity contribution in [2.24, 2.45) is 4.99 Å². The molecule has 0 spiro atoms. The standard InChI is InChI=1S/C16H26N4OS/c1-4-14-5-6-15(22-14)11-18-16(17-3)19-13-7-9-20(10-8-13)12(2)21/h5-6,13H,4,7-11H2,1-3H3,(H2,17,18,19). The Bertz CT molecular complexity index is 518. The maximum absolute atomic E-state index is 11.3. The Morgan fingerprint density at radius 3 is 2.59 bits per heavy atom. The number of nitrogens with zero attached hydrogens (tertiary/aromatic N) is 2. The van der Waals surface area contributed by atoms with Crippen LogP contribution in [0.3, 0.4) is 0 Å². The van der Waals surface area contributed by atoms with Gasteiger partial charge in [-0.15, -0.1) is 11.3 Å². The summed E-state index contributed by atoms with van der Waals surface area (Å²) in [6, 6.07) is 4.75. The van der Waals surface area contributed by atoms with Gasteiger partial charge in [-0.2, -0.15) is 0 Å². The Hall–Kier alpha value is -1.56. The maximum atomic E-state index is 11.3. The normalized spacial score (nSPS) is 16.7. The second kappa shape index (κ2) is 8.17. The smallest absolute Gasteiger partial charge is 0.219 e. The van der Waals surface area contributed by atoms with E-state index >= 15 is 0 Å². The van der Waals surface area contributed by atoms with E-state index in [1.165, 1.54) is 9.75 Å². The van der Waals surface area contributed by atoms with E-state index in [4.69, 9.17) is 0 Å². The van der Waals surface area contributed by atoms with Gasteiger partial charge < -0.3 is 15.5 Å². The zero-order valence-corrected chi connectivity index (χ0v) is 14.5. The van der Waals surface area contributed by atoms with Crippen LogP contribution in [-0.4, -0.2) is 42.9 Å². The first-order valence-electron chi connectivity index (χ1n) is 7.92. The Morgan fingerprint density at radius 1 is 1.36 bits per heavy atom. The number of rotatable bonds is 4. The first-order valence-corrected chi connectivity index (χ1v) is 8.74. The van der Waals surface area contributed by atoms with E-state index in [1.807, 2.05) is 16.2 Å². The Morgan fingerprint density at radius 2 is 2.05 bits per heavy atom. The summed E-state index contributed by atoms with van der Waals surface area (Å²) in [7, 11) is 1.80. The molecule has 0 atom stereocenters. The molecule has 0 bridgehead atoms. The predicted octanol–water partition coefficient (Wildman–Crippen LogP) is 1.99. The van der Waals surface area contributed by atoms with Crippen LogP contribution in [0.4, 0.5) is 0 Å². The van der Waals surface area contributed by atoms with E-state index < -0.39 is 0 Å². The van der Waals surface area contributed by atoms with Gasteiger partial charge in [0.15, 0.2) is 5.96 Å². The zero-order chi connectivity index (χ0) is 15.9. The van der Waals surface area contributed by atoms with Crippen molar-refractivity contribution in [3.05, 3.63) is 21.9 Å². The minimum Gasteiger partial charge on any atom is -0.354 e. The quantitative estimate of drug-likeness (QED) is 0.658. The lowest BCUT2D eigenvalue weighted by Crippen LogP contribution is -2.49. The fourth-order valence-corrected chi connectivity index (χ4v) is 3.50. The number of carbonyl (C=O) groups excluding carboxylic acids is 1. The van der Waals surface area contributed by atoms with Crippen LogP contribution in [0.15, 0.2) is 17.1 Å². The molecular weight excluding hydrogens is 296 g/mol. The number of thiophene rings is 1. The van der Waals surface area contributed by atoms with Gasteiger partial charge in [-0.3, -0.25) is 9.79 Å². The van der Waals surface area contributed by atoms with Gasteiger partial charge in [0.25, 0.3) is 0 Å². The molecule has 0 aromatic carbocycles. The molecule has 6 heteroatoms. The summed E-state index contributed by atoms with van der Waals surface area (Å²) >= 11 is 1.85. The average Bonchev–Trinajstić information content (AvgIpc) is 3.00. The molecule has 1 fully saturated rings. The summed E-state index contributed by atoms with van der Waals surface area (Å²) in [6.45, 7) is 6.27. The first-order chi connectivity index (χ1) is 10.6. The van der Waals surface area contributed by atoms with Crippen LogP contribution in [0.5, 0.6) is 0 Å². The largest absolute Gasteiger partial charge is 0.354 e. The number of aryl methyl sites for hydroxylation is 1. The van der Waals surface area contributed by atoms with Crippen molar-refractivity contribution in [1.29, 1.82) is 0 Å². The van der Waals surface area contributed by atoms with Gasteiger partial charge in [0, 0.05) is 42.9 Å². The third kappa shape index (κ3) is 4.73. The van der Waals surface area contributed by atoms with E-state index in [-0.39, 0.29) is 5.91 Å². The number of guanidine groups is 1. The zero-order valence-electron chi connectivity index (χ0n) is 13.7.